The zero-order chi connectivity index (χ0) is 18.8. The van der Waals surface area contributed by atoms with E-state index in [9.17, 15) is 4.79 Å². The number of para-hydroxylation sites is 1. The van der Waals surface area contributed by atoms with Gasteiger partial charge in [-0.3, -0.25) is 4.79 Å². The first-order chi connectivity index (χ1) is 12.7. The summed E-state index contributed by atoms with van der Waals surface area (Å²) in [4.78, 5) is 11.8. The molecule has 26 heavy (non-hydrogen) atoms. The molecule has 0 saturated heterocycles. The molecule has 0 amide bonds. The van der Waals surface area contributed by atoms with Crippen LogP contribution in [0.5, 0.6) is 5.75 Å². The Kier molecular flexibility index (Phi) is 7.90. The molecule has 0 aliphatic carbocycles. The van der Waals surface area contributed by atoms with Crippen molar-refractivity contribution in [3.8, 4) is 5.75 Å². The first kappa shape index (κ1) is 19.7. The Balaban J connectivity index is 2.09. The largest absolute Gasteiger partial charge is 0.486 e. The molecule has 4 nitrogen and oxygen atoms in total. The maximum absolute atomic E-state index is 11.8. The van der Waals surface area contributed by atoms with Crippen LogP contribution in [0.3, 0.4) is 0 Å². The predicted octanol–water partition coefficient (Wildman–Crippen LogP) is 4.12. The molecule has 2 aromatic rings. The van der Waals surface area contributed by atoms with Crippen LogP contribution in [0.4, 0.5) is 0 Å². The minimum absolute atomic E-state index is 0.0834. The van der Waals surface area contributed by atoms with E-state index in [-0.39, 0.29) is 18.5 Å². The molecule has 0 heterocycles. The monoisotopic (exact) mass is 353 g/mol. The molecule has 2 rings (SSSR count). The van der Waals surface area contributed by atoms with Crippen LogP contribution in [-0.2, 0) is 22.5 Å². The lowest BCUT2D eigenvalue weighted by atomic mass is 10.1. The van der Waals surface area contributed by atoms with Gasteiger partial charge in [0, 0.05) is 12.1 Å². The molecular formula is C22H27NO3. The number of nitrogens with two attached hydrogens (primary N) is 1. The predicted molar refractivity (Wildman–Crippen MR) is 105 cm³/mol. The van der Waals surface area contributed by atoms with Crippen molar-refractivity contribution in [2.75, 3.05) is 6.61 Å². The molecular weight excluding hydrogens is 326 g/mol. The second-order valence-corrected chi connectivity index (χ2v) is 5.96. The molecule has 0 saturated carbocycles. The van der Waals surface area contributed by atoms with Crippen LogP contribution >= 0.6 is 0 Å². The zero-order valence-corrected chi connectivity index (χ0v) is 15.5. The van der Waals surface area contributed by atoms with E-state index in [0.29, 0.717) is 18.9 Å². The molecule has 0 fully saturated rings. The second-order valence-electron chi connectivity index (χ2n) is 5.96. The average molecular weight is 353 g/mol. The van der Waals surface area contributed by atoms with E-state index >= 15 is 0 Å². The Morgan fingerprint density at radius 1 is 1.15 bits per heavy atom. The van der Waals surface area contributed by atoms with Gasteiger partial charge in [0.05, 0.1) is 13.0 Å². The third-order valence-electron chi connectivity index (χ3n) is 3.98. The minimum atomic E-state index is -0.245. The van der Waals surface area contributed by atoms with Gasteiger partial charge in [-0.25, -0.2) is 0 Å². The molecule has 0 radical (unpaired) electrons. The van der Waals surface area contributed by atoms with Gasteiger partial charge >= 0.3 is 5.97 Å². The van der Waals surface area contributed by atoms with Gasteiger partial charge in [-0.15, -0.1) is 0 Å². The van der Waals surface area contributed by atoms with Crippen molar-refractivity contribution in [2.45, 2.75) is 39.3 Å². The van der Waals surface area contributed by atoms with Crippen molar-refractivity contribution >= 4 is 12.0 Å². The van der Waals surface area contributed by atoms with Crippen molar-refractivity contribution in [1.82, 2.24) is 0 Å². The fraction of sp³-hybridized carbons (Fsp3) is 0.318. The highest BCUT2D eigenvalue weighted by molar-refractivity contribution is 5.73. The molecule has 1 unspecified atom stereocenters. The van der Waals surface area contributed by atoms with E-state index in [0.717, 1.165) is 23.1 Å². The summed E-state index contributed by atoms with van der Waals surface area (Å²) in [5.74, 6) is 0.471. The van der Waals surface area contributed by atoms with Gasteiger partial charge in [-0.05, 0) is 36.6 Å². The number of carbonyl (C=O) groups is 1. The van der Waals surface area contributed by atoms with E-state index in [2.05, 4.69) is 13.0 Å². The van der Waals surface area contributed by atoms with Gasteiger partial charge in [0.1, 0.15) is 11.9 Å². The van der Waals surface area contributed by atoms with E-state index in [1.165, 1.54) is 0 Å². The normalized spacial score (nSPS) is 12.1. The number of hydrogen-bond donors (Lipinski definition) is 1. The maximum atomic E-state index is 11.8. The molecule has 0 aromatic heterocycles. The fourth-order valence-electron chi connectivity index (χ4n) is 2.60. The molecule has 0 aliphatic rings. The van der Waals surface area contributed by atoms with Gasteiger partial charge in [0.25, 0.3) is 0 Å². The molecule has 2 aromatic carbocycles. The Morgan fingerprint density at radius 2 is 1.96 bits per heavy atom. The number of carbonyl (C=O) groups excluding carboxylic acids is 1. The highest BCUT2D eigenvalue weighted by atomic mass is 16.5. The fourth-order valence-corrected chi connectivity index (χ4v) is 2.60. The van der Waals surface area contributed by atoms with E-state index < -0.39 is 0 Å². The third-order valence-corrected chi connectivity index (χ3v) is 3.98. The summed E-state index contributed by atoms with van der Waals surface area (Å²) in [6.45, 7) is 4.78. The summed E-state index contributed by atoms with van der Waals surface area (Å²) in [5.41, 5.74) is 8.72. The smallest absolute Gasteiger partial charge is 0.310 e. The second kappa shape index (κ2) is 10.4. The minimum Gasteiger partial charge on any atom is -0.486 e. The van der Waals surface area contributed by atoms with Crippen molar-refractivity contribution in [3.05, 3.63) is 71.3 Å². The summed E-state index contributed by atoms with van der Waals surface area (Å²) in [6, 6.07) is 15.7. The Labute approximate surface area is 155 Å². The molecule has 0 bridgehead atoms. The van der Waals surface area contributed by atoms with Gasteiger partial charge in [-0.1, -0.05) is 55.5 Å². The van der Waals surface area contributed by atoms with E-state index in [1.807, 2.05) is 54.6 Å². The van der Waals surface area contributed by atoms with Crippen molar-refractivity contribution < 1.29 is 14.3 Å². The lowest BCUT2D eigenvalue weighted by Crippen LogP contribution is -2.15. The molecule has 2 N–H and O–H groups in total. The molecule has 1 atom stereocenters. The van der Waals surface area contributed by atoms with Crippen LogP contribution in [0.1, 0.15) is 37.0 Å². The first-order valence-corrected chi connectivity index (χ1v) is 9.03. The summed E-state index contributed by atoms with van der Waals surface area (Å²) in [5, 5.41) is 0. The maximum Gasteiger partial charge on any atom is 0.310 e. The summed E-state index contributed by atoms with van der Waals surface area (Å²) >= 11 is 0. The van der Waals surface area contributed by atoms with Crippen LogP contribution in [0.2, 0.25) is 0 Å². The standard InChI is InChI=1S/C22H27NO3/c1-3-20(13-12-17-8-7-9-18(14-17)16-23)26-21-11-6-5-10-19(21)15-22(24)25-4-2/h5-14,20H,3-4,15-16,23H2,1-2H3/b13-12+. The summed E-state index contributed by atoms with van der Waals surface area (Å²) in [6.07, 6.45) is 5.03. The van der Waals surface area contributed by atoms with Gasteiger partial charge < -0.3 is 15.2 Å². The Hall–Kier alpha value is -2.59. The lowest BCUT2D eigenvalue weighted by Gasteiger charge is -2.17. The van der Waals surface area contributed by atoms with Crippen LogP contribution in [0.15, 0.2) is 54.6 Å². The van der Waals surface area contributed by atoms with Crippen LogP contribution in [0, 0.1) is 0 Å². The average Bonchev–Trinajstić information content (AvgIpc) is 2.66. The first-order valence-electron chi connectivity index (χ1n) is 9.03. The van der Waals surface area contributed by atoms with E-state index in [1.54, 1.807) is 6.92 Å². The van der Waals surface area contributed by atoms with Crippen molar-refractivity contribution in [2.24, 2.45) is 5.73 Å². The number of hydrogen-bond acceptors (Lipinski definition) is 4. The Bertz CT molecular complexity index is 740. The number of benzene rings is 2. The lowest BCUT2D eigenvalue weighted by molar-refractivity contribution is -0.142. The van der Waals surface area contributed by atoms with Gasteiger partial charge in [0.15, 0.2) is 0 Å². The molecule has 0 spiro atoms. The van der Waals surface area contributed by atoms with E-state index in [4.69, 9.17) is 15.2 Å². The quantitative estimate of drug-likeness (QED) is 0.689. The van der Waals surface area contributed by atoms with Crippen LogP contribution in [0.25, 0.3) is 6.08 Å². The molecule has 0 aliphatic heterocycles. The summed E-state index contributed by atoms with van der Waals surface area (Å²) < 4.78 is 11.2. The van der Waals surface area contributed by atoms with Crippen LogP contribution in [-0.4, -0.2) is 18.7 Å². The van der Waals surface area contributed by atoms with Gasteiger partial charge in [0.2, 0.25) is 0 Å². The van der Waals surface area contributed by atoms with Crippen molar-refractivity contribution in [3.63, 3.8) is 0 Å². The van der Waals surface area contributed by atoms with Gasteiger partial charge in [-0.2, -0.15) is 0 Å². The number of ether oxygens (including phenoxy) is 2. The molecule has 138 valence electrons. The molecule has 4 heteroatoms. The van der Waals surface area contributed by atoms with Crippen LogP contribution < -0.4 is 10.5 Å². The highest BCUT2D eigenvalue weighted by Gasteiger charge is 2.12. The third kappa shape index (κ3) is 6.05. The highest BCUT2D eigenvalue weighted by Crippen LogP contribution is 2.22. The number of esters is 1. The SMILES string of the molecule is CCOC(=O)Cc1ccccc1OC(/C=C/c1cccc(CN)c1)CC. The van der Waals surface area contributed by atoms with Crippen molar-refractivity contribution in [1.29, 1.82) is 0 Å². The summed E-state index contributed by atoms with van der Waals surface area (Å²) in [7, 11) is 0. The zero-order valence-electron chi connectivity index (χ0n) is 15.5. The Morgan fingerprint density at radius 3 is 2.69 bits per heavy atom. The number of rotatable bonds is 9. The topological polar surface area (TPSA) is 61.5 Å².